The van der Waals surface area contributed by atoms with Crippen LogP contribution in [0, 0.1) is 0 Å². The van der Waals surface area contributed by atoms with E-state index in [1.807, 2.05) is 6.92 Å². The second-order valence-electron chi connectivity index (χ2n) is 6.53. The number of rotatable bonds is 3. The maximum absolute atomic E-state index is 13.0. The molecular weight excluding hydrogens is 461 g/mol. The fourth-order valence-corrected chi connectivity index (χ4v) is 4.85. The van der Waals surface area contributed by atoms with Crippen molar-refractivity contribution in [2.75, 3.05) is 9.62 Å². The maximum Gasteiger partial charge on any atom is 0.417 e. The molecule has 0 aromatic heterocycles. The zero-order valence-electron chi connectivity index (χ0n) is 14.8. The number of anilines is 2. The van der Waals surface area contributed by atoms with Crippen LogP contribution in [0.1, 0.15) is 25.0 Å². The first-order chi connectivity index (χ1) is 12.9. The second kappa shape index (κ2) is 7.07. The number of amides is 1. The molecule has 150 valence electrons. The van der Waals surface area contributed by atoms with Crippen LogP contribution >= 0.6 is 15.9 Å². The molecule has 3 rings (SSSR count). The van der Waals surface area contributed by atoms with Gasteiger partial charge in [-0.2, -0.15) is 13.2 Å². The SMILES string of the molecule is CC(=O)N1c2ccc(S(=O)(=O)Nc3ccc(Br)c(C(F)(F)F)c3)cc2CC1C. The van der Waals surface area contributed by atoms with Gasteiger partial charge in [-0.15, -0.1) is 0 Å². The van der Waals surface area contributed by atoms with Crippen LogP contribution in [-0.4, -0.2) is 20.4 Å². The zero-order chi connectivity index (χ0) is 20.9. The number of nitrogens with zero attached hydrogens (tertiary/aromatic N) is 1. The number of fused-ring (bicyclic) bond motifs is 1. The molecule has 0 spiro atoms. The highest BCUT2D eigenvalue weighted by Crippen LogP contribution is 2.37. The third-order valence-electron chi connectivity index (χ3n) is 4.44. The number of carbonyl (C=O) groups excluding carboxylic acids is 1. The molecule has 1 unspecified atom stereocenters. The van der Waals surface area contributed by atoms with Crippen molar-refractivity contribution < 1.29 is 26.4 Å². The van der Waals surface area contributed by atoms with Crippen molar-refractivity contribution in [3.63, 3.8) is 0 Å². The maximum atomic E-state index is 13.0. The van der Waals surface area contributed by atoms with Crippen molar-refractivity contribution in [1.82, 2.24) is 0 Å². The topological polar surface area (TPSA) is 66.5 Å². The van der Waals surface area contributed by atoms with Gasteiger partial charge >= 0.3 is 6.18 Å². The van der Waals surface area contributed by atoms with Crippen LogP contribution < -0.4 is 9.62 Å². The summed E-state index contributed by atoms with van der Waals surface area (Å²) in [6.07, 6.45) is -4.13. The first kappa shape index (κ1) is 20.7. The Hall–Kier alpha value is -2.07. The van der Waals surface area contributed by atoms with E-state index >= 15 is 0 Å². The summed E-state index contributed by atoms with van der Waals surface area (Å²) in [4.78, 5) is 13.3. The number of sulfonamides is 1. The normalized spacial score (nSPS) is 16.8. The summed E-state index contributed by atoms with van der Waals surface area (Å²) < 4.78 is 66.4. The number of nitrogens with one attached hydrogen (secondary N) is 1. The molecule has 5 nitrogen and oxygen atoms in total. The van der Waals surface area contributed by atoms with E-state index in [9.17, 15) is 26.4 Å². The van der Waals surface area contributed by atoms with Crippen LogP contribution in [0.4, 0.5) is 24.5 Å². The summed E-state index contributed by atoms with van der Waals surface area (Å²) in [5.74, 6) is -0.144. The summed E-state index contributed by atoms with van der Waals surface area (Å²) in [5, 5.41) is 0. The Labute approximate surface area is 168 Å². The molecular formula is C18H16BrF3N2O3S. The highest BCUT2D eigenvalue weighted by Gasteiger charge is 2.34. The van der Waals surface area contributed by atoms with Crippen molar-refractivity contribution in [1.29, 1.82) is 0 Å². The molecule has 0 fully saturated rings. The standard InChI is InChI=1S/C18H16BrF3N2O3S/c1-10-7-12-8-14(4-6-17(12)24(10)11(2)25)28(26,27)23-13-3-5-16(19)15(9-13)18(20,21)22/h3-6,8-10,23H,7H2,1-2H3. The van der Waals surface area contributed by atoms with Crippen molar-refractivity contribution in [2.45, 2.75) is 37.4 Å². The third-order valence-corrected chi connectivity index (χ3v) is 6.51. The smallest absolute Gasteiger partial charge is 0.309 e. The number of benzene rings is 2. The minimum Gasteiger partial charge on any atom is -0.309 e. The summed E-state index contributed by atoms with van der Waals surface area (Å²) in [6.45, 7) is 3.29. The fourth-order valence-electron chi connectivity index (χ4n) is 3.27. The molecule has 0 radical (unpaired) electrons. The number of hydrogen-bond donors (Lipinski definition) is 1. The Morgan fingerprint density at radius 1 is 1.21 bits per heavy atom. The summed E-state index contributed by atoms with van der Waals surface area (Å²) >= 11 is 2.82. The molecule has 1 amide bonds. The van der Waals surface area contributed by atoms with Gasteiger partial charge in [0.05, 0.1) is 10.5 Å². The first-order valence-electron chi connectivity index (χ1n) is 8.22. The van der Waals surface area contributed by atoms with Crippen LogP contribution in [0.3, 0.4) is 0 Å². The van der Waals surface area contributed by atoms with Crippen LogP contribution in [0.15, 0.2) is 45.8 Å². The Kier molecular flexibility index (Phi) is 5.22. The van der Waals surface area contributed by atoms with Gasteiger partial charge in [0.2, 0.25) is 5.91 Å². The van der Waals surface area contributed by atoms with Gasteiger partial charge in [-0.25, -0.2) is 8.42 Å². The van der Waals surface area contributed by atoms with Gasteiger partial charge in [-0.1, -0.05) is 15.9 Å². The van der Waals surface area contributed by atoms with Crippen molar-refractivity contribution in [3.05, 3.63) is 52.0 Å². The van der Waals surface area contributed by atoms with E-state index in [2.05, 4.69) is 20.7 Å². The summed E-state index contributed by atoms with van der Waals surface area (Å²) in [7, 11) is -4.10. The van der Waals surface area contributed by atoms with Crippen LogP contribution in [0.5, 0.6) is 0 Å². The van der Waals surface area contributed by atoms with E-state index < -0.39 is 21.8 Å². The third kappa shape index (κ3) is 3.88. The minimum absolute atomic E-state index is 0.0830. The molecule has 0 bridgehead atoms. The molecule has 1 aliphatic heterocycles. The Morgan fingerprint density at radius 2 is 1.89 bits per heavy atom. The molecule has 1 N–H and O–H groups in total. The van der Waals surface area contributed by atoms with E-state index in [0.717, 1.165) is 12.1 Å². The largest absolute Gasteiger partial charge is 0.417 e. The molecule has 2 aromatic carbocycles. The first-order valence-corrected chi connectivity index (χ1v) is 10.5. The van der Waals surface area contributed by atoms with E-state index in [1.165, 1.54) is 31.2 Å². The number of alkyl halides is 3. The lowest BCUT2D eigenvalue weighted by atomic mass is 10.1. The highest BCUT2D eigenvalue weighted by molar-refractivity contribution is 9.10. The van der Waals surface area contributed by atoms with E-state index in [0.29, 0.717) is 17.7 Å². The van der Waals surface area contributed by atoms with Gasteiger partial charge in [-0.3, -0.25) is 9.52 Å². The van der Waals surface area contributed by atoms with Crippen molar-refractivity contribution in [2.24, 2.45) is 0 Å². The summed E-state index contributed by atoms with van der Waals surface area (Å²) in [5.41, 5.74) is 0.154. The van der Waals surface area contributed by atoms with Crippen LogP contribution in [0.2, 0.25) is 0 Å². The van der Waals surface area contributed by atoms with E-state index in [1.54, 1.807) is 4.90 Å². The zero-order valence-corrected chi connectivity index (χ0v) is 17.2. The number of halogens is 4. The summed E-state index contributed by atoms with van der Waals surface area (Å²) in [6, 6.07) is 7.32. The molecule has 28 heavy (non-hydrogen) atoms. The lowest BCUT2D eigenvalue weighted by Gasteiger charge is -2.20. The average molecular weight is 477 g/mol. The van der Waals surface area contributed by atoms with Gasteiger partial charge in [-0.05, 0) is 55.3 Å². The van der Waals surface area contributed by atoms with Gasteiger partial charge in [0, 0.05) is 28.8 Å². The van der Waals surface area contributed by atoms with Gasteiger partial charge < -0.3 is 4.90 Å². The molecule has 10 heteroatoms. The van der Waals surface area contributed by atoms with Gasteiger partial charge in [0.25, 0.3) is 10.0 Å². The average Bonchev–Trinajstić information content (AvgIpc) is 2.90. The number of hydrogen-bond acceptors (Lipinski definition) is 3. The monoisotopic (exact) mass is 476 g/mol. The van der Waals surface area contributed by atoms with Crippen molar-refractivity contribution >= 4 is 43.2 Å². The minimum atomic E-state index is -4.62. The Bertz CT molecular complexity index is 1050. The van der Waals surface area contributed by atoms with Crippen LogP contribution in [0.25, 0.3) is 0 Å². The van der Waals surface area contributed by atoms with Crippen LogP contribution in [-0.2, 0) is 27.4 Å². The molecule has 0 aliphatic carbocycles. The van der Waals surface area contributed by atoms with E-state index in [-0.39, 0.29) is 27.0 Å². The van der Waals surface area contributed by atoms with Gasteiger partial charge in [0.15, 0.2) is 0 Å². The molecule has 0 saturated heterocycles. The predicted molar refractivity (Wildman–Crippen MR) is 103 cm³/mol. The lowest BCUT2D eigenvalue weighted by molar-refractivity contribution is -0.138. The Morgan fingerprint density at radius 3 is 2.50 bits per heavy atom. The fraction of sp³-hybridized carbons (Fsp3) is 0.278. The predicted octanol–water partition coefficient (Wildman–Crippen LogP) is 4.57. The van der Waals surface area contributed by atoms with E-state index in [4.69, 9.17) is 0 Å². The molecule has 2 aromatic rings. The second-order valence-corrected chi connectivity index (χ2v) is 9.07. The molecule has 1 heterocycles. The highest BCUT2D eigenvalue weighted by atomic mass is 79.9. The molecule has 0 saturated carbocycles. The van der Waals surface area contributed by atoms with Gasteiger partial charge in [0.1, 0.15) is 0 Å². The van der Waals surface area contributed by atoms with Crippen molar-refractivity contribution in [3.8, 4) is 0 Å². The lowest BCUT2D eigenvalue weighted by Crippen LogP contribution is -2.33. The molecule has 1 atom stereocenters. The quantitative estimate of drug-likeness (QED) is 0.705. The number of carbonyl (C=O) groups is 1. The Balaban J connectivity index is 1.93. The molecule has 1 aliphatic rings.